The second-order valence-electron chi connectivity index (χ2n) is 3.15. The molecule has 3 nitrogen and oxygen atoms in total. The van der Waals surface area contributed by atoms with Crippen molar-refractivity contribution in [2.24, 2.45) is 5.73 Å². The fraction of sp³-hybridized carbons (Fsp3) is 0. The van der Waals surface area contributed by atoms with E-state index in [4.69, 9.17) is 11.5 Å². The summed E-state index contributed by atoms with van der Waals surface area (Å²) in [6.45, 7) is 0. The molecule has 2 aromatic carbocycles. The van der Waals surface area contributed by atoms with E-state index >= 15 is 0 Å². The molecule has 0 saturated carbocycles. The normalized spacial score (nSPS) is 10.3. The van der Waals surface area contributed by atoms with Gasteiger partial charge in [-0.05, 0) is 29.0 Å². The lowest BCUT2D eigenvalue weighted by molar-refractivity contribution is 0.100. The van der Waals surface area contributed by atoms with Crippen LogP contribution < -0.4 is 11.5 Å². The molecule has 2 aromatic rings. The third-order valence-electron chi connectivity index (χ3n) is 2.17. The maximum absolute atomic E-state index is 11.1. The summed E-state index contributed by atoms with van der Waals surface area (Å²) in [6.07, 6.45) is 0. The van der Waals surface area contributed by atoms with Crippen molar-refractivity contribution in [2.45, 2.75) is 0 Å². The van der Waals surface area contributed by atoms with Crippen LogP contribution in [0.4, 0.5) is 5.69 Å². The van der Waals surface area contributed by atoms with Crippen LogP contribution in [0.3, 0.4) is 0 Å². The highest BCUT2D eigenvalue weighted by atomic mass is 16.1. The second-order valence-corrected chi connectivity index (χ2v) is 3.15. The molecule has 3 heteroatoms. The molecule has 70 valence electrons. The number of nitrogens with two attached hydrogens (primary N) is 2. The number of fused-ring (bicyclic) bond motifs is 1. The maximum atomic E-state index is 11.1. The minimum absolute atomic E-state index is 0.429. The van der Waals surface area contributed by atoms with Crippen LogP contribution in [0.2, 0.25) is 0 Å². The Bertz CT molecular complexity index is 506. The van der Waals surface area contributed by atoms with Gasteiger partial charge in [0.05, 0.1) is 0 Å². The molecular weight excluding hydrogens is 176 g/mol. The van der Waals surface area contributed by atoms with E-state index in [1.807, 2.05) is 12.1 Å². The zero-order valence-corrected chi connectivity index (χ0v) is 7.53. The Morgan fingerprint density at radius 3 is 2.64 bits per heavy atom. The van der Waals surface area contributed by atoms with Crippen molar-refractivity contribution in [2.75, 3.05) is 5.73 Å². The summed E-state index contributed by atoms with van der Waals surface area (Å²) in [6, 6.07) is 10.9. The molecule has 0 aliphatic heterocycles. The molecule has 0 heterocycles. The van der Waals surface area contributed by atoms with E-state index in [1.54, 1.807) is 24.3 Å². The van der Waals surface area contributed by atoms with Crippen molar-refractivity contribution in [3.63, 3.8) is 0 Å². The van der Waals surface area contributed by atoms with Gasteiger partial charge in [0.1, 0.15) is 0 Å². The van der Waals surface area contributed by atoms with Crippen LogP contribution >= 0.6 is 0 Å². The molecule has 0 saturated heterocycles. The summed E-state index contributed by atoms with van der Waals surface area (Å²) in [5, 5.41) is 1.77. The van der Waals surface area contributed by atoms with E-state index in [2.05, 4.69) is 0 Å². The number of rotatable bonds is 1. The Morgan fingerprint density at radius 1 is 1.14 bits per heavy atom. The zero-order valence-electron chi connectivity index (χ0n) is 7.53. The number of benzene rings is 2. The number of primary amides is 1. The van der Waals surface area contributed by atoms with Gasteiger partial charge in [0.25, 0.3) is 0 Å². The Morgan fingerprint density at radius 2 is 1.93 bits per heavy atom. The first-order valence-electron chi connectivity index (χ1n) is 4.26. The predicted molar refractivity (Wildman–Crippen MR) is 56.9 cm³/mol. The number of amides is 1. The van der Waals surface area contributed by atoms with Gasteiger partial charge in [-0.1, -0.05) is 18.2 Å². The van der Waals surface area contributed by atoms with Crippen LogP contribution in [-0.4, -0.2) is 5.91 Å². The molecule has 2 rings (SSSR count). The van der Waals surface area contributed by atoms with Crippen molar-refractivity contribution in [3.05, 3.63) is 42.0 Å². The van der Waals surface area contributed by atoms with Crippen LogP contribution in [-0.2, 0) is 0 Å². The van der Waals surface area contributed by atoms with Gasteiger partial charge in [-0.15, -0.1) is 0 Å². The van der Waals surface area contributed by atoms with Gasteiger partial charge >= 0.3 is 0 Å². The minimum Gasteiger partial charge on any atom is -0.399 e. The minimum atomic E-state index is -0.429. The molecule has 0 fully saturated rings. The molecule has 1 amide bonds. The molecule has 0 bridgehead atoms. The number of hydrogen-bond acceptors (Lipinski definition) is 2. The summed E-state index contributed by atoms with van der Waals surface area (Å²) >= 11 is 0. The SMILES string of the molecule is NC(=O)c1cccc2ccc(N)cc12. The van der Waals surface area contributed by atoms with E-state index in [-0.39, 0.29) is 0 Å². The molecule has 0 radical (unpaired) electrons. The predicted octanol–water partition coefficient (Wildman–Crippen LogP) is 1.52. The maximum Gasteiger partial charge on any atom is 0.249 e. The Labute approximate surface area is 81.3 Å². The summed E-state index contributed by atoms with van der Waals surface area (Å²) in [5.74, 6) is -0.429. The van der Waals surface area contributed by atoms with E-state index < -0.39 is 5.91 Å². The van der Waals surface area contributed by atoms with Crippen LogP contribution in [0, 0.1) is 0 Å². The van der Waals surface area contributed by atoms with Crippen LogP contribution in [0.5, 0.6) is 0 Å². The summed E-state index contributed by atoms with van der Waals surface area (Å²) in [7, 11) is 0. The highest BCUT2D eigenvalue weighted by Gasteiger charge is 2.05. The van der Waals surface area contributed by atoms with Crippen LogP contribution in [0.25, 0.3) is 10.8 Å². The third-order valence-corrected chi connectivity index (χ3v) is 2.17. The lowest BCUT2D eigenvalue weighted by atomic mass is 10.0. The molecule has 4 N–H and O–H groups in total. The van der Waals surface area contributed by atoms with Crippen LogP contribution in [0.15, 0.2) is 36.4 Å². The zero-order chi connectivity index (χ0) is 10.1. The quantitative estimate of drug-likeness (QED) is 0.663. The number of carbonyl (C=O) groups is 1. The molecule has 0 atom stereocenters. The number of nitrogen functional groups attached to an aromatic ring is 1. The number of anilines is 1. The second kappa shape index (κ2) is 3.03. The van der Waals surface area contributed by atoms with E-state index in [0.717, 1.165) is 10.8 Å². The van der Waals surface area contributed by atoms with Crippen molar-refractivity contribution < 1.29 is 4.79 Å². The monoisotopic (exact) mass is 186 g/mol. The largest absolute Gasteiger partial charge is 0.399 e. The summed E-state index contributed by atoms with van der Waals surface area (Å²) in [4.78, 5) is 11.1. The van der Waals surface area contributed by atoms with E-state index in [9.17, 15) is 4.79 Å². The lowest BCUT2D eigenvalue weighted by Crippen LogP contribution is -2.11. The average molecular weight is 186 g/mol. The van der Waals surface area contributed by atoms with Crippen molar-refractivity contribution in [3.8, 4) is 0 Å². The van der Waals surface area contributed by atoms with E-state index in [0.29, 0.717) is 11.3 Å². The number of hydrogen-bond donors (Lipinski definition) is 2. The topological polar surface area (TPSA) is 69.1 Å². The highest BCUT2D eigenvalue weighted by molar-refractivity contribution is 6.06. The van der Waals surface area contributed by atoms with E-state index in [1.165, 1.54) is 0 Å². The first-order chi connectivity index (χ1) is 6.68. The highest BCUT2D eigenvalue weighted by Crippen LogP contribution is 2.20. The van der Waals surface area contributed by atoms with Gasteiger partial charge in [0.15, 0.2) is 0 Å². The van der Waals surface area contributed by atoms with Gasteiger partial charge in [-0.25, -0.2) is 0 Å². The van der Waals surface area contributed by atoms with Crippen molar-refractivity contribution in [1.82, 2.24) is 0 Å². The number of carbonyl (C=O) groups excluding carboxylic acids is 1. The molecule has 0 unspecified atom stereocenters. The fourth-order valence-corrected chi connectivity index (χ4v) is 1.51. The standard InChI is InChI=1S/C11H10N2O/c12-8-5-4-7-2-1-3-9(11(13)14)10(7)6-8/h1-6H,12H2,(H2,13,14). The summed E-state index contributed by atoms with van der Waals surface area (Å²) in [5.41, 5.74) is 12.0. The van der Waals surface area contributed by atoms with Gasteiger partial charge in [0.2, 0.25) is 5.91 Å². The Hall–Kier alpha value is -2.03. The van der Waals surface area contributed by atoms with Crippen LogP contribution in [0.1, 0.15) is 10.4 Å². The molecule has 0 aromatic heterocycles. The summed E-state index contributed by atoms with van der Waals surface area (Å²) < 4.78 is 0. The Kier molecular flexibility index (Phi) is 1.85. The molecular formula is C11H10N2O. The van der Waals surface area contributed by atoms with Gasteiger partial charge in [-0.3, -0.25) is 4.79 Å². The molecule has 14 heavy (non-hydrogen) atoms. The lowest BCUT2D eigenvalue weighted by Gasteiger charge is -2.03. The molecule has 0 aliphatic carbocycles. The molecule has 0 aliphatic rings. The van der Waals surface area contributed by atoms with Gasteiger partial charge in [-0.2, -0.15) is 0 Å². The van der Waals surface area contributed by atoms with Gasteiger partial charge < -0.3 is 11.5 Å². The first-order valence-corrected chi connectivity index (χ1v) is 4.26. The van der Waals surface area contributed by atoms with Gasteiger partial charge in [0, 0.05) is 11.3 Å². The smallest absolute Gasteiger partial charge is 0.249 e. The van der Waals surface area contributed by atoms with Crippen molar-refractivity contribution >= 4 is 22.4 Å². The molecule has 0 spiro atoms. The fourth-order valence-electron chi connectivity index (χ4n) is 1.51. The average Bonchev–Trinajstić information content (AvgIpc) is 2.16. The third kappa shape index (κ3) is 1.29. The van der Waals surface area contributed by atoms with Crippen molar-refractivity contribution in [1.29, 1.82) is 0 Å². The Balaban J connectivity index is 2.84. The first kappa shape index (κ1) is 8.56.